The van der Waals surface area contributed by atoms with E-state index in [1.165, 1.54) is 6.33 Å². The molecule has 0 unspecified atom stereocenters. The molecular weight excluding hydrogens is 599 g/mol. The summed E-state index contributed by atoms with van der Waals surface area (Å²) in [6, 6.07) is 17.5. The van der Waals surface area contributed by atoms with Crippen LogP contribution in [-0.2, 0) is 4.74 Å². The summed E-state index contributed by atoms with van der Waals surface area (Å²) in [7, 11) is 0. The number of fused-ring (bicyclic) bond motifs is 1. The Morgan fingerprint density at radius 3 is 2.23 bits per heavy atom. The van der Waals surface area contributed by atoms with Crippen LogP contribution in [0.5, 0.6) is 11.5 Å². The Hall–Kier alpha value is -4.29. The Labute approximate surface area is 274 Å². The summed E-state index contributed by atoms with van der Waals surface area (Å²) in [6.45, 7) is 10.1. The van der Waals surface area contributed by atoms with Crippen LogP contribution in [0, 0.1) is 0 Å². The quantitative estimate of drug-likeness (QED) is 0.290. The van der Waals surface area contributed by atoms with Crippen LogP contribution in [0.15, 0.2) is 60.9 Å². The number of benzene rings is 2. The minimum atomic E-state index is -1.11. The van der Waals surface area contributed by atoms with E-state index in [0.717, 1.165) is 43.8 Å². The molecule has 2 N–H and O–H groups in total. The first kappa shape index (κ1) is 31.3. The molecule has 11 nitrogen and oxygen atoms in total. The maximum absolute atomic E-state index is 16.1. The number of amides is 1. The molecule has 0 saturated carbocycles. The van der Waals surface area contributed by atoms with Gasteiger partial charge in [0.25, 0.3) is 0 Å². The van der Waals surface area contributed by atoms with Crippen molar-refractivity contribution in [2.24, 2.45) is 0 Å². The van der Waals surface area contributed by atoms with Crippen LogP contribution >= 0.6 is 0 Å². The van der Waals surface area contributed by atoms with Crippen molar-refractivity contribution in [3.63, 3.8) is 0 Å². The third-order valence-corrected chi connectivity index (χ3v) is 9.52. The molecule has 47 heavy (non-hydrogen) atoms. The van der Waals surface area contributed by atoms with Crippen molar-refractivity contribution >= 4 is 22.9 Å². The fraction of sp³-hybridized carbons (Fsp3) is 0.486. The van der Waals surface area contributed by atoms with E-state index in [1.807, 2.05) is 75.4 Å². The Balaban J connectivity index is 0.985. The van der Waals surface area contributed by atoms with Crippen LogP contribution in [-0.4, -0.2) is 104 Å². The molecular formula is C35H43FN8O3. The van der Waals surface area contributed by atoms with Crippen molar-refractivity contribution < 1.29 is 18.7 Å². The maximum atomic E-state index is 16.1. The normalized spacial score (nSPS) is 21.9. The highest BCUT2D eigenvalue weighted by Crippen LogP contribution is 2.37. The zero-order chi connectivity index (χ0) is 32.7. The van der Waals surface area contributed by atoms with Gasteiger partial charge in [-0.2, -0.15) is 5.10 Å². The summed E-state index contributed by atoms with van der Waals surface area (Å²) < 4.78 is 29.3. The third-order valence-electron chi connectivity index (χ3n) is 9.52. The highest BCUT2D eigenvalue weighted by Gasteiger charge is 2.41. The molecule has 2 aromatic heterocycles. The van der Waals surface area contributed by atoms with Gasteiger partial charge in [0, 0.05) is 56.9 Å². The predicted molar refractivity (Wildman–Crippen MR) is 178 cm³/mol. The lowest BCUT2D eigenvalue weighted by Crippen LogP contribution is -2.63. The van der Waals surface area contributed by atoms with Crippen LogP contribution in [0.4, 0.5) is 15.0 Å². The third kappa shape index (κ3) is 6.62. The van der Waals surface area contributed by atoms with Gasteiger partial charge in [-0.1, -0.05) is 18.2 Å². The number of piperidine rings is 2. The number of ether oxygens (including phenoxy) is 2. The van der Waals surface area contributed by atoms with Gasteiger partial charge in [-0.3, -0.25) is 9.80 Å². The van der Waals surface area contributed by atoms with Crippen molar-refractivity contribution in [1.82, 2.24) is 34.4 Å². The first-order chi connectivity index (χ1) is 22.6. The van der Waals surface area contributed by atoms with Crippen molar-refractivity contribution in [3.8, 4) is 22.8 Å². The largest absolute Gasteiger partial charge is 0.457 e. The summed E-state index contributed by atoms with van der Waals surface area (Å²) in [6.07, 6.45) is 2.68. The molecule has 4 aromatic rings. The number of alkyl halides is 1. The zero-order valence-corrected chi connectivity index (χ0v) is 27.3. The molecule has 0 radical (unpaired) electrons. The van der Waals surface area contributed by atoms with Gasteiger partial charge in [0.1, 0.15) is 41.1 Å². The Kier molecular flexibility index (Phi) is 8.48. The molecule has 3 aliphatic rings. The number of rotatable bonds is 6. The van der Waals surface area contributed by atoms with Gasteiger partial charge in [-0.05, 0) is 76.4 Å². The molecule has 3 aliphatic heterocycles. The molecule has 12 heteroatoms. The van der Waals surface area contributed by atoms with Gasteiger partial charge in [0.2, 0.25) is 0 Å². The number of nitrogens with zero attached hydrogens (tertiary/aromatic N) is 7. The fourth-order valence-corrected chi connectivity index (χ4v) is 7.04. The number of nitrogen functional groups attached to an aromatic ring is 1. The van der Waals surface area contributed by atoms with E-state index in [4.69, 9.17) is 20.3 Å². The molecule has 0 bridgehead atoms. The lowest BCUT2D eigenvalue weighted by molar-refractivity contribution is -0.0289. The minimum Gasteiger partial charge on any atom is -0.457 e. The number of likely N-dealkylation sites (tertiary alicyclic amines) is 3. The molecule has 5 heterocycles. The number of carbonyl (C=O) groups is 1. The average Bonchev–Trinajstić information content (AvgIpc) is 3.41. The zero-order valence-electron chi connectivity index (χ0n) is 27.3. The first-order valence-corrected chi connectivity index (χ1v) is 16.5. The van der Waals surface area contributed by atoms with Gasteiger partial charge in [-0.15, -0.1) is 0 Å². The molecule has 0 spiro atoms. The van der Waals surface area contributed by atoms with E-state index in [1.54, 1.807) is 9.58 Å². The number of halogens is 1. The topological polar surface area (TPSA) is 115 Å². The van der Waals surface area contributed by atoms with E-state index in [9.17, 15) is 4.79 Å². The molecule has 3 saturated heterocycles. The second kappa shape index (κ2) is 12.7. The lowest BCUT2D eigenvalue weighted by Gasteiger charge is -2.49. The smallest absolute Gasteiger partial charge is 0.410 e. The van der Waals surface area contributed by atoms with E-state index >= 15 is 4.39 Å². The highest BCUT2D eigenvalue weighted by molar-refractivity contribution is 5.98. The van der Waals surface area contributed by atoms with Gasteiger partial charge >= 0.3 is 6.09 Å². The number of nitrogens with two attached hydrogens (primary N) is 1. The van der Waals surface area contributed by atoms with Crippen molar-refractivity contribution in [2.75, 3.05) is 45.0 Å². The van der Waals surface area contributed by atoms with Crippen molar-refractivity contribution in [3.05, 3.63) is 60.9 Å². The molecule has 2 atom stereocenters. The van der Waals surface area contributed by atoms with Gasteiger partial charge in [0.15, 0.2) is 5.65 Å². The monoisotopic (exact) mass is 642 g/mol. The fourth-order valence-electron chi connectivity index (χ4n) is 7.04. The summed E-state index contributed by atoms with van der Waals surface area (Å²) >= 11 is 0. The van der Waals surface area contributed by atoms with Crippen molar-refractivity contribution in [2.45, 2.75) is 69.9 Å². The number of carbonyl (C=O) groups excluding carboxylic acids is 1. The van der Waals surface area contributed by atoms with E-state index < -0.39 is 17.8 Å². The minimum absolute atomic E-state index is 0.238. The van der Waals surface area contributed by atoms with Gasteiger partial charge in [-0.25, -0.2) is 23.8 Å². The first-order valence-electron chi connectivity index (χ1n) is 16.5. The van der Waals surface area contributed by atoms with Gasteiger partial charge < -0.3 is 20.1 Å². The highest BCUT2D eigenvalue weighted by atomic mass is 19.1. The van der Waals surface area contributed by atoms with Crippen molar-refractivity contribution in [1.29, 1.82) is 0 Å². The molecule has 2 aromatic carbocycles. The number of anilines is 1. The number of para-hydroxylation sites is 1. The maximum Gasteiger partial charge on any atom is 0.410 e. The number of aromatic nitrogens is 4. The van der Waals surface area contributed by atoms with Crippen LogP contribution < -0.4 is 10.5 Å². The number of hydrogen-bond acceptors (Lipinski definition) is 9. The van der Waals surface area contributed by atoms with Crippen LogP contribution in [0.2, 0.25) is 0 Å². The number of hydrogen-bond donors (Lipinski definition) is 1. The second-order valence-corrected chi connectivity index (χ2v) is 13.9. The predicted octanol–water partition coefficient (Wildman–Crippen LogP) is 5.54. The average molecular weight is 643 g/mol. The molecule has 1 amide bonds. The van der Waals surface area contributed by atoms with E-state index in [-0.39, 0.29) is 6.09 Å². The SMILES string of the molecule is CC(C)(C)OC(=O)N1CC(N2CCC(N3CC[C@@H](n4nc(-c5ccc(Oc6ccccc6)cc5)c5c(N)ncnc54)[C@@H](F)C3)CC2)C1. The molecule has 0 aliphatic carbocycles. The van der Waals surface area contributed by atoms with E-state index in [0.29, 0.717) is 66.4 Å². The van der Waals surface area contributed by atoms with Crippen LogP contribution in [0.1, 0.15) is 46.1 Å². The standard InChI is InChI=1S/C35H43FN8O3/c1-35(2,3)47-34(45)43-19-25(20-43)41-16-13-24(14-17-41)42-18-15-29(28(36)21-42)44-33-30(32(37)38-22-39-33)31(40-44)23-9-11-27(12-10-23)46-26-7-5-4-6-8-26/h4-12,22,24-25,28-29H,13-21H2,1-3H3,(H2,37,38,39)/t28-,29+/m0/s1. The van der Waals surface area contributed by atoms with Crippen LogP contribution in [0.25, 0.3) is 22.3 Å². The molecule has 248 valence electrons. The Morgan fingerprint density at radius 1 is 0.872 bits per heavy atom. The second-order valence-electron chi connectivity index (χ2n) is 13.9. The summed E-state index contributed by atoms with van der Waals surface area (Å²) in [5, 5.41) is 5.55. The molecule has 7 rings (SSSR count). The Bertz CT molecular complexity index is 1700. The Morgan fingerprint density at radius 2 is 1.55 bits per heavy atom. The van der Waals surface area contributed by atoms with E-state index in [2.05, 4.69) is 19.8 Å². The lowest BCUT2D eigenvalue weighted by atomic mass is 9.95. The summed E-state index contributed by atoms with van der Waals surface area (Å²) in [4.78, 5) is 27.6. The van der Waals surface area contributed by atoms with Gasteiger partial charge in [0.05, 0.1) is 11.4 Å². The summed E-state index contributed by atoms with van der Waals surface area (Å²) in [5.74, 6) is 1.77. The molecule has 3 fully saturated rings. The summed E-state index contributed by atoms with van der Waals surface area (Å²) in [5.41, 5.74) is 7.88. The van der Waals surface area contributed by atoms with Crippen LogP contribution in [0.3, 0.4) is 0 Å².